The number of nitrogens with zero attached hydrogens (tertiary/aromatic N) is 1. The fourth-order valence-electron chi connectivity index (χ4n) is 2.70. The van der Waals surface area contributed by atoms with E-state index in [0.717, 1.165) is 27.7 Å². The van der Waals surface area contributed by atoms with Crippen molar-refractivity contribution in [1.29, 1.82) is 0 Å². The number of ketones is 1. The third-order valence-corrected chi connectivity index (χ3v) is 3.97. The number of H-pyrrole nitrogens is 1. The zero-order valence-corrected chi connectivity index (χ0v) is 12.3. The first-order valence-corrected chi connectivity index (χ1v) is 7.17. The van der Waals surface area contributed by atoms with Crippen LogP contribution in [-0.4, -0.2) is 15.8 Å². The Morgan fingerprint density at radius 2 is 1.86 bits per heavy atom. The number of aromatic nitrogens is 2. The van der Waals surface area contributed by atoms with Crippen molar-refractivity contribution in [3.8, 4) is 0 Å². The molecule has 0 aliphatic heterocycles. The van der Waals surface area contributed by atoms with E-state index in [4.69, 9.17) is 0 Å². The molecule has 0 saturated carbocycles. The van der Waals surface area contributed by atoms with Crippen molar-refractivity contribution >= 4 is 16.6 Å². The normalized spacial score (nSPS) is 11.0. The van der Waals surface area contributed by atoms with E-state index in [1.54, 1.807) is 6.33 Å². The van der Waals surface area contributed by atoms with Crippen LogP contribution in [0, 0.1) is 13.8 Å². The van der Waals surface area contributed by atoms with Crippen molar-refractivity contribution in [3.63, 3.8) is 0 Å². The molecule has 3 heteroatoms. The van der Waals surface area contributed by atoms with Crippen LogP contribution in [0.4, 0.5) is 0 Å². The molecule has 0 aliphatic carbocycles. The Morgan fingerprint density at radius 1 is 1.10 bits per heavy atom. The molecule has 3 rings (SSSR count). The summed E-state index contributed by atoms with van der Waals surface area (Å²) in [7, 11) is 0. The summed E-state index contributed by atoms with van der Waals surface area (Å²) in [6.07, 6.45) is 2.84. The third-order valence-electron chi connectivity index (χ3n) is 3.97. The summed E-state index contributed by atoms with van der Waals surface area (Å²) in [5.74, 6) is 0.175. The van der Waals surface area contributed by atoms with Crippen molar-refractivity contribution in [2.75, 3.05) is 0 Å². The zero-order chi connectivity index (χ0) is 14.8. The second-order valence-electron chi connectivity index (χ2n) is 5.37. The quantitative estimate of drug-likeness (QED) is 0.733. The SMILES string of the molecule is Cc1[nH]cnc1CCC(=O)c1ccc(C)c2ccccc12. The molecule has 0 aliphatic rings. The van der Waals surface area contributed by atoms with Crippen LogP contribution in [0.5, 0.6) is 0 Å². The number of Topliss-reactive ketones (excluding diaryl/α,β-unsaturated/α-hetero) is 1. The summed E-state index contributed by atoms with van der Waals surface area (Å²) in [6.45, 7) is 4.05. The molecule has 0 radical (unpaired) electrons. The van der Waals surface area contributed by atoms with Gasteiger partial charge in [-0.05, 0) is 36.6 Å². The molecule has 1 N–H and O–H groups in total. The highest BCUT2D eigenvalue weighted by atomic mass is 16.1. The molecule has 1 heterocycles. The largest absolute Gasteiger partial charge is 0.348 e. The van der Waals surface area contributed by atoms with Crippen molar-refractivity contribution in [2.45, 2.75) is 26.7 Å². The van der Waals surface area contributed by atoms with Gasteiger partial charge < -0.3 is 4.98 Å². The second kappa shape index (κ2) is 5.52. The van der Waals surface area contributed by atoms with Gasteiger partial charge in [-0.3, -0.25) is 4.79 Å². The van der Waals surface area contributed by atoms with E-state index < -0.39 is 0 Å². The predicted molar refractivity (Wildman–Crippen MR) is 84.7 cm³/mol. The number of aryl methyl sites for hydroxylation is 3. The van der Waals surface area contributed by atoms with Crippen LogP contribution in [0.3, 0.4) is 0 Å². The molecule has 2 aromatic carbocycles. The maximum absolute atomic E-state index is 12.5. The Kier molecular flexibility index (Phi) is 3.57. The lowest BCUT2D eigenvalue weighted by atomic mass is 9.96. The number of fused-ring (bicyclic) bond motifs is 1. The molecule has 0 bridgehead atoms. The number of benzene rings is 2. The number of carbonyl (C=O) groups excluding carboxylic acids is 1. The highest BCUT2D eigenvalue weighted by molar-refractivity contribution is 6.08. The third kappa shape index (κ3) is 2.59. The summed E-state index contributed by atoms with van der Waals surface area (Å²) in [4.78, 5) is 19.8. The molecule has 1 aromatic heterocycles. The van der Waals surface area contributed by atoms with Crippen molar-refractivity contribution in [1.82, 2.24) is 9.97 Å². The van der Waals surface area contributed by atoms with E-state index in [-0.39, 0.29) is 5.78 Å². The molecular weight excluding hydrogens is 260 g/mol. The van der Waals surface area contributed by atoms with E-state index in [1.165, 1.54) is 5.56 Å². The summed E-state index contributed by atoms with van der Waals surface area (Å²) in [6, 6.07) is 12.1. The maximum Gasteiger partial charge on any atom is 0.163 e. The monoisotopic (exact) mass is 278 g/mol. The Morgan fingerprint density at radius 3 is 2.57 bits per heavy atom. The number of rotatable bonds is 4. The Balaban J connectivity index is 1.88. The number of nitrogens with one attached hydrogen (secondary N) is 1. The van der Waals surface area contributed by atoms with Gasteiger partial charge in [0.05, 0.1) is 12.0 Å². The van der Waals surface area contributed by atoms with E-state index in [1.807, 2.05) is 37.3 Å². The first kappa shape index (κ1) is 13.6. The number of hydrogen-bond donors (Lipinski definition) is 1. The fraction of sp³-hybridized carbons (Fsp3) is 0.222. The first-order valence-electron chi connectivity index (χ1n) is 7.17. The lowest BCUT2D eigenvalue weighted by molar-refractivity contribution is 0.0984. The number of imidazole rings is 1. The van der Waals surface area contributed by atoms with Crippen LogP contribution in [0.2, 0.25) is 0 Å². The van der Waals surface area contributed by atoms with Crippen molar-refractivity contribution in [2.24, 2.45) is 0 Å². The van der Waals surface area contributed by atoms with E-state index in [0.29, 0.717) is 12.8 Å². The summed E-state index contributed by atoms with van der Waals surface area (Å²) >= 11 is 0. The van der Waals surface area contributed by atoms with Gasteiger partial charge in [0, 0.05) is 17.7 Å². The lowest BCUT2D eigenvalue weighted by Crippen LogP contribution is -2.03. The maximum atomic E-state index is 12.5. The molecule has 0 unspecified atom stereocenters. The lowest BCUT2D eigenvalue weighted by Gasteiger charge is -2.08. The molecule has 3 nitrogen and oxygen atoms in total. The van der Waals surface area contributed by atoms with Crippen molar-refractivity contribution in [3.05, 3.63) is 65.2 Å². The van der Waals surface area contributed by atoms with Crippen LogP contribution < -0.4 is 0 Å². The first-order chi connectivity index (χ1) is 10.2. The van der Waals surface area contributed by atoms with E-state index in [9.17, 15) is 4.79 Å². The van der Waals surface area contributed by atoms with Crippen LogP contribution in [0.25, 0.3) is 10.8 Å². The van der Waals surface area contributed by atoms with Crippen LogP contribution in [0.1, 0.15) is 33.7 Å². The van der Waals surface area contributed by atoms with Crippen LogP contribution in [-0.2, 0) is 6.42 Å². The van der Waals surface area contributed by atoms with Gasteiger partial charge in [0.25, 0.3) is 0 Å². The number of aromatic amines is 1. The molecule has 0 amide bonds. The smallest absolute Gasteiger partial charge is 0.163 e. The van der Waals surface area contributed by atoms with Gasteiger partial charge in [0.2, 0.25) is 0 Å². The van der Waals surface area contributed by atoms with Gasteiger partial charge >= 0.3 is 0 Å². The van der Waals surface area contributed by atoms with Gasteiger partial charge in [0.1, 0.15) is 0 Å². The van der Waals surface area contributed by atoms with Gasteiger partial charge in [-0.25, -0.2) is 4.98 Å². The van der Waals surface area contributed by atoms with Gasteiger partial charge in [0.15, 0.2) is 5.78 Å². The Bertz CT molecular complexity index is 802. The van der Waals surface area contributed by atoms with Crippen LogP contribution in [0.15, 0.2) is 42.7 Å². The molecule has 0 saturated heterocycles. The molecule has 21 heavy (non-hydrogen) atoms. The standard InChI is InChI=1S/C18H18N2O/c1-12-7-8-16(15-6-4-3-5-14(12)15)18(21)10-9-17-13(2)19-11-20-17/h3-8,11H,9-10H2,1-2H3,(H,19,20). The average Bonchev–Trinajstić information content (AvgIpc) is 2.91. The predicted octanol–water partition coefficient (Wildman–Crippen LogP) is 4.00. The molecule has 3 aromatic rings. The molecule has 0 spiro atoms. The summed E-state index contributed by atoms with van der Waals surface area (Å²) in [5, 5.41) is 2.19. The minimum Gasteiger partial charge on any atom is -0.348 e. The number of carbonyl (C=O) groups is 1. The molecular formula is C18H18N2O. The van der Waals surface area contributed by atoms with Crippen LogP contribution >= 0.6 is 0 Å². The average molecular weight is 278 g/mol. The molecule has 106 valence electrons. The molecule has 0 fully saturated rings. The van der Waals surface area contributed by atoms with Gasteiger partial charge in [-0.2, -0.15) is 0 Å². The number of hydrogen-bond acceptors (Lipinski definition) is 2. The van der Waals surface area contributed by atoms with Crippen molar-refractivity contribution < 1.29 is 4.79 Å². The van der Waals surface area contributed by atoms with Gasteiger partial charge in [-0.1, -0.05) is 36.4 Å². The molecule has 0 atom stereocenters. The second-order valence-corrected chi connectivity index (χ2v) is 5.37. The Hall–Kier alpha value is -2.42. The van der Waals surface area contributed by atoms with E-state index in [2.05, 4.69) is 23.0 Å². The minimum absolute atomic E-state index is 0.175. The fourth-order valence-corrected chi connectivity index (χ4v) is 2.70. The van der Waals surface area contributed by atoms with Gasteiger partial charge in [-0.15, -0.1) is 0 Å². The Labute approximate surface area is 124 Å². The highest BCUT2D eigenvalue weighted by Crippen LogP contribution is 2.23. The summed E-state index contributed by atoms with van der Waals surface area (Å²) < 4.78 is 0. The highest BCUT2D eigenvalue weighted by Gasteiger charge is 2.12. The van der Waals surface area contributed by atoms with E-state index >= 15 is 0 Å². The summed E-state index contributed by atoms with van der Waals surface area (Å²) in [5.41, 5.74) is 4.02. The zero-order valence-electron chi connectivity index (χ0n) is 12.3. The minimum atomic E-state index is 0.175. The topological polar surface area (TPSA) is 45.8 Å².